The minimum Gasteiger partial charge on any atom is -0.462 e. The zero-order valence-corrected chi connectivity index (χ0v) is 18.8. The van der Waals surface area contributed by atoms with E-state index in [0.717, 1.165) is 71.5 Å². The Morgan fingerprint density at radius 2 is 2.03 bits per heavy atom. The first-order valence-corrected chi connectivity index (χ1v) is 11.8. The van der Waals surface area contributed by atoms with Gasteiger partial charge in [-0.2, -0.15) is 4.98 Å². The predicted molar refractivity (Wildman–Crippen MR) is 122 cm³/mol. The van der Waals surface area contributed by atoms with Crippen molar-refractivity contribution in [1.29, 1.82) is 0 Å². The summed E-state index contributed by atoms with van der Waals surface area (Å²) < 4.78 is 12.5. The Hall–Kier alpha value is -2.52. The van der Waals surface area contributed by atoms with E-state index in [1.807, 2.05) is 4.57 Å². The lowest BCUT2D eigenvalue weighted by Crippen LogP contribution is -2.37. The third-order valence-electron chi connectivity index (χ3n) is 6.27. The maximum absolute atomic E-state index is 13.0. The molecule has 2 aliphatic rings. The average Bonchev–Trinajstić information content (AvgIpc) is 2.83. The first kappa shape index (κ1) is 22.7. The monoisotopic (exact) mass is 443 g/mol. The second-order valence-electron chi connectivity index (χ2n) is 8.46. The van der Waals surface area contributed by atoms with Crippen LogP contribution in [0.2, 0.25) is 0 Å². The quantitative estimate of drug-likeness (QED) is 0.491. The number of hydrogen-bond acceptors (Lipinski definition) is 8. The van der Waals surface area contributed by atoms with Crippen molar-refractivity contribution in [2.45, 2.75) is 51.5 Å². The predicted octanol–water partition coefficient (Wildman–Crippen LogP) is 2.61. The number of pyridine rings is 1. The molecule has 1 N–H and O–H groups in total. The number of nitrogens with zero attached hydrogens (tertiary/aromatic N) is 4. The summed E-state index contributed by atoms with van der Waals surface area (Å²) in [4.78, 5) is 36.9. The summed E-state index contributed by atoms with van der Waals surface area (Å²) in [5.74, 6) is -0.0819. The molecule has 1 saturated carbocycles. The summed E-state index contributed by atoms with van der Waals surface area (Å²) in [7, 11) is 0. The zero-order chi connectivity index (χ0) is 22.3. The Bertz CT molecular complexity index is 980. The third-order valence-corrected chi connectivity index (χ3v) is 6.27. The summed E-state index contributed by atoms with van der Waals surface area (Å²) in [6.07, 6.45) is 9.64. The van der Waals surface area contributed by atoms with E-state index < -0.39 is 5.97 Å². The Morgan fingerprint density at radius 1 is 1.25 bits per heavy atom. The molecule has 4 rings (SSSR count). The summed E-state index contributed by atoms with van der Waals surface area (Å²) >= 11 is 0. The largest absolute Gasteiger partial charge is 0.462 e. The number of morpholine rings is 1. The Kier molecular flexibility index (Phi) is 7.70. The molecule has 2 aromatic heterocycles. The minimum atomic E-state index is -0.589. The molecule has 0 unspecified atom stereocenters. The number of aromatic nitrogens is 3. The Labute approximate surface area is 188 Å². The van der Waals surface area contributed by atoms with Crippen molar-refractivity contribution in [2.24, 2.45) is 0 Å². The van der Waals surface area contributed by atoms with E-state index in [-0.39, 0.29) is 23.6 Å². The van der Waals surface area contributed by atoms with Crippen LogP contribution in [0.4, 0.5) is 5.95 Å². The van der Waals surface area contributed by atoms with Gasteiger partial charge in [-0.25, -0.2) is 9.78 Å². The van der Waals surface area contributed by atoms with Crippen molar-refractivity contribution in [3.8, 4) is 0 Å². The summed E-state index contributed by atoms with van der Waals surface area (Å²) in [6, 6.07) is 0.212. The van der Waals surface area contributed by atoms with Crippen molar-refractivity contribution in [3.63, 3.8) is 0 Å². The molecule has 3 heterocycles. The molecule has 1 aliphatic heterocycles. The Balaban J connectivity index is 1.56. The maximum atomic E-state index is 13.0. The Morgan fingerprint density at radius 3 is 2.78 bits per heavy atom. The smallest absolute Gasteiger partial charge is 0.343 e. The van der Waals surface area contributed by atoms with Gasteiger partial charge in [0, 0.05) is 38.1 Å². The fourth-order valence-electron chi connectivity index (χ4n) is 4.54. The van der Waals surface area contributed by atoms with Crippen LogP contribution in [0.3, 0.4) is 0 Å². The number of carbonyl (C=O) groups excluding carboxylic acids is 1. The summed E-state index contributed by atoms with van der Waals surface area (Å²) in [5, 5.41) is 3.66. The molecule has 0 aromatic carbocycles. The normalized spacial score (nSPS) is 18.0. The fraction of sp³-hybridized carbons (Fsp3) is 0.652. The first-order valence-electron chi connectivity index (χ1n) is 11.8. The summed E-state index contributed by atoms with van der Waals surface area (Å²) in [6.45, 7) is 7.26. The molecule has 0 amide bonds. The molecule has 1 saturated heterocycles. The third kappa shape index (κ3) is 5.27. The highest BCUT2D eigenvalue weighted by atomic mass is 16.5. The van der Waals surface area contributed by atoms with Gasteiger partial charge in [-0.05, 0) is 32.7 Å². The molecule has 2 fully saturated rings. The van der Waals surface area contributed by atoms with E-state index in [0.29, 0.717) is 17.0 Å². The van der Waals surface area contributed by atoms with Crippen molar-refractivity contribution >= 4 is 23.0 Å². The number of anilines is 1. The maximum Gasteiger partial charge on any atom is 0.343 e. The molecular weight excluding hydrogens is 410 g/mol. The van der Waals surface area contributed by atoms with Crippen LogP contribution < -0.4 is 10.7 Å². The number of hydrogen-bond donors (Lipinski definition) is 1. The number of nitrogens with one attached hydrogen (secondary N) is 1. The first-order chi connectivity index (χ1) is 15.7. The van der Waals surface area contributed by atoms with Gasteiger partial charge in [0.2, 0.25) is 11.4 Å². The highest BCUT2D eigenvalue weighted by Gasteiger charge is 2.23. The molecule has 0 bridgehead atoms. The lowest BCUT2D eigenvalue weighted by molar-refractivity contribution is 0.0378. The van der Waals surface area contributed by atoms with Gasteiger partial charge in [0.15, 0.2) is 0 Å². The van der Waals surface area contributed by atoms with Gasteiger partial charge in [0.25, 0.3) is 0 Å². The van der Waals surface area contributed by atoms with Crippen LogP contribution in [-0.4, -0.2) is 71.4 Å². The van der Waals surface area contributed by atoms with E-state index in [4.69, 9.17) is 14.5 Å². The van der Waals surface area contributed by atoms with E-state index in [9.17, 15) is 9.59 Å². The van der Waals surface area contributed by atoms with Crippen molar-refractivity contribution in [1.82, 2.24) is 19.4 Å². The van der Waals surface area contributed by atoms with E-state index >= 15 is 0 Å². The van der Waals surface area contributed by atoms with Gasteiger partial charge in [0.05, 0.1) is 25.2 Å². The number of ether oxygens (including phenoxy) is 2. The van der Waals surface area contributed by atoms with E-state index in [1.165, 1.54) is 12.6 Å². The van der Waals surface area contributed by atoms with Gasteiger partial charge in [-0.15, -0.1) is 0 Å². The fourth-order valence-corrected chi connectivity index (χ4v) is 4.54. The minimum absolute atomic E-state index is 0.0553. The molecule has 2 aromatic rings. The highest BCUT2D eigenvalue weighted by molar-refractivity contribution is 5.93. The van der Waals surface area contributed by atoms with Gasteiger partial charge in [0.1, 0.15) is 11.2 Å². The van der Waals surface area contributed by atoms with Crippen molar-refractivity contribution in [2.75, 3.05) is 51.3 Å². The van der Waals surface area contributed by atoms with Crippen molar-refractivity contribution < 1.29 is 14.3 Å². The summed E-state index contributed by atoms with van der Waals surface area (Å²) in [5.41, 5.74) is 0.268. The highest BCUT2D eigenvalue weighted by Crippen LogP contribution is 2.30. The molecule has 9 nitrogen and oxygen atoms in total. The molecule has 174 valence electrons. The van der Waals surface area contributed by atoms with Crippen LogP contribution in [0, 0.1) is 0 Å². The number of carbonyl (C=O) groups is 1. The molecule has 32 heavy (non-hydrogen) atoms. The lowest BCUT2D eigenvalue weighted by Gasteiger charge is -2.26. The second kappa shape index (κ2) is 10.9. The van der Waals surface area contributed by atoms with Gasteiger partial charge < -0.3 is 19.4 Å². The second-order valence-corrected chi connectivity index (χ2v) is 8.46. The molecule has 0 atom stereocenters. The number of fused-ring (bicyclic) bond motifs is 1. The van der Waals surface area contributed by atoms with Crippen molar-refractivity contribution in [3.05, 3.63) is 28.2 Å². The molecule has 9 heteroatoms. The van der Waals surface area contributed by atoms with Gasteiger partial charge in [-0.1, -0.05) is 19.3 Å². The van der Waals surface area contributed by atoms with Crippen LogP contribution in [-0.2, 0) is 9.47 Å². The van der Waals surface area contributed by atoms with Gasteiger partial charge >= 0.3 is 5.97 Å². The average molecular weight is 444 g/mol. The zero-order valence-electron chi connectivity index (χ0n) is 18.8. The standard InChI is InChI=1S/C23H33N5O4/c1-2-32-22(30)19-16-28(17-7-4-3-5-8-17)21-18(20(19)29)15-25-23(26-21)24-9-6-10-27-11-13-31-14-12-27/h15-17H,2-14H2,1H3,(H,24,25,26). The topological polar surface area (TPSA) is 98.6 Å². The van der Waals surface area contributed by atoms with Crippen LogP contribution in [0.1, 0.15) is 61.8 Å². The van der Waals surface area contributed by atoms with E-state index in [1.54, 1.807) is 13.1 Å². The molecule has 0 radical (unpaired) electrons. The van der Waals surface area contributed by atoms with Gasteiger partial charge in [-0.3, -0.25) is 9.69 Å². The van der Waals surface area contributed by atoms with Crippen LogP contribution >= 0.6 is 0 Å². The van der Waals surface area contributed by atoms with Crippen LogP contribution in [0.15, 0.2) is 17.2 Å². The molecular formula is C23H33N5O4. The number of esters is 1. The molecule has 1 aliphatic carbocycles. The van der Waals surface area contributed by atoms with E-state index in [2.05, 4.69) is 15.2 Å². The van der Waals surface area contributed by atoms with Crippen LogP contribution in [0.5, 0.6) is 0 Å². The van der Waals surface area contributed by atoms with Crippen LogP contribution in [0.25, 0.3) is 11.0 Å². The lowest BCUT2D eigenvalue weighted by atomic mass is 9.95. The molecule has 0 spiro atoms. The number of rotatable bonds is 8. The SMILES string of the molecule is CCOC(=O)c1cn(C2CCCCC2)c2nc(NCCCN3CCOCC3)ncc2c1=O.